The number of thioether (sulfide) groups is 1. The second-order valence-electron chi connectivity index (χ2n) is 9.06. The number of carboxylic acid groups (broad SMARTS) is 2. The number of pyridine rings is 1. The lowest BCUT2D eigenvalue weighted by Gasteiger charge is -2.28. The summed E-state index contributed by atoms with van der Waals surface area (Å²) in [5.41, 5.74) is 1.87. The van der Waals surface area contributed by atoms with E-state index in [9.17, 15) is 31.1 Å². The van der Waals surface area contributed by atoms with E-state index in [0.29, 0.717) is 11.7 Å². The maximum Gasteiger partial charge on any atom is 0.490 e. The molecule has 4 rings (SSSR count). The van der Waals surface area contributed by atoms with Gasteiger partial charge in [0.1, 0.15) is 5.69 Å². The van der Waals surface area contributed by atoms with Gasteiger partial charge in [0.25, 0.3) is 5.91 Å². The Morgan fingerprint density at radius 1 is 0.854 bits per heavy atom. The van der Waals surface area contributed by atoms with Crippen molar-refractivity contribution in [2.45, 2.75) is 54.7 Å². The fraction of sp³-hybridized carbons (Fsp3) is 0.462. The van der Waals surface area contributed by atoms with Crippen molar-refractivity contribution >= 4 is 29.6 Å². The van der Waals surface area contributed by atoms with Crippen LogP contribution in [0.15, 0.2) is 53.6 Å². The zero-order chi connectivity index (χ0) is 30.6. The standard InChI is InChI=1S/C22H27N3OS.2C2HF3O2/c26-22(25-14-6-9-19(25)16-24-12-4-5-13-24)21-11-10-20(15-23-21)27-17-18-7-2-1-3-8-18;2*3-2(4,5)1(6)7/h1-3,7-8,10-11,15,19H,4-6,9,12-14,16-17H2;2*(H,6,7)/t19-;;/m0../s1. The van der Waals surface area contributed by atoms with E-state index in [-0.39, 0.29) is 5.91 Å². The highest BCUT2D eigenvalue weighted by Gasteiger charge is 2.39. The number of hydrogen-bond acceptors (Lipinski definition) is 6. The van der Waals surface area contributed by atoms with Gasteiger partial charge in [0.05, 0.1) is 0 Å². The molecule has 8 nitrogen and oxygen atoms in total. The topological polar surface area (TPSA) is 111 Å². The molecule has 0 bridgehead atoms. The number of aliphatic carboxylic acids is 2. The molecule has 226 valence electrons. The number of nitrogens with zero attached hydrogens (tertiary/aromatic N) is 3. The fourth-order valence-electron chi connectivity index (χ4n) is 4.04. The number of alkyl halides is 6. The van der Waals surface area contributed by atoms with Gasteiger partial charge < -0.3 is 20.0 Å². The Labute approximate surface area is 236 Å². The van der Waals surface area contributed by atoms with Gasteiger partial charge >= 0.3 is 24.3 Å². The number of hydrogen-bond donors (Lipinski definition) is 2. The monoisotopic (exact) mass is 609 g/mol. The van der Waals surface area contributed by atoms with Crippen LogP contribution in [0, 0.1) is 0 Å². The van der Waals surface area contributed by atoms with Crippen molar-refractivity contribution in [3.63, 3.8) is 0 Å². The molecule has 3 heterocycles. The molecule has 0 saturated carbocycles. The average molecular weight is 610 g/mol. The van der Waals surface area contributed by atoms with Gasteiger partial charge in [-0.15, -0.1) is 11.8 Å². The Kier molecular flexibility index (Phi) is 12.9. The van der Waals surface area contributed by atoms with E-state index in [1.165, 1.54) is 31.5 Å². The minimum absolute atomic E-state index is 0.0938. The second kappa shape index (κ2) is 15.6. The number of halogens is 6. The molecule has 2 fully saturated rings. The first-order valence-corrected chi connectivity index (χ1v) is 13.4. The van der Waals surface area contributed by atoms with E-state index in [4.69, 9.17) is 19.8 Å². The average Bonchev–Trinajstić information content (AvgIpc) is 3.60. The predicted molar refractivity (Wildman–Crippen MR) is 137 cm³/mol. The highest BCUT2D eigenvalue weighted by molar-refractivity contribution is 7.98. The maximum atomic E-state index is 13.0. The van der Waals surface area contributed by atoms with Crippen molar-refractivity contribution in [3.05, 3.63) is 59.9 Å². The Hall–Kier alpha value is -3.33. The van der Waals surface area contributed by atoms with Gasteiger partial charge in [0, 0.05) is 36.0 Å². The van der Waals surface area contributed by atoms with Gasteiger partial charge in [0.15, 0.2) is 0 Å². The molecular formula is C26H29F6N3O5S. The van der Waals surface area contributed by atoms with Crippen molar-refractivity contribution in [1.29, 1.82) is 0 Å². The Balaban J connectivity index is 0.000000349. The van der Waals surface area contributed by atoms with Crippen LogP contribution in [0.5, 0.6) is 0 Å². The summed E-state index contributed by atoms with van der Waals surface area (Å²) in [5, 5.41) is 14.2. The zero-order valence-corrected chi connectivity index (χ0v) is 22.5. The van der Waals surface area contributed by atoms with Crippen LogP contribution in [0.3, 0.4) is 0 Å². The van der Waals surface area contributed by atoms with Crippen LogP contribution < -0.4 is 0 Å². The molecule has 2 aromatic rings. The maximum absolute atomic E-state index is 13.0. The summed E-state index contributed by atoms with van der Waals surface area (Å²) in [6, 6.07) is 14.7. The molecule has 0 radical (unpaired) electrons. The highest BCUT2D eigenvalue weighted by Crippen LogP contribution is 2.25. The molecule has 0 spiro atoms. The smallest absolute Gasteiger partial charge is 0.475 e. The summed E-state index contributed by atoms with van der Waals surface area (Å²) in [6.45, 7) is 4.26. The van der Waals surface area contributed by atoms with Crippen molar-refractivity contribution in [3.8, 4) is 0 Å². The Bertz CT molecular complexity index is 1100. The van der Waals surface area contributed by atoms with E-state index >= 15 is 0 Å². The molecular weight excluding hydrogens is 580 g/mol. The SMILES string of the molecule is O=C(O)C(F)(F)F.O=C(O)C(F)(F)F.O=C(c1ccc(SCc2ccccc2)cn1)N1CCC[C@H]1CN1CCCC1. The van der Waals surface area contributed by atoms with Crippen molar-refractivity contribution in [2.24, 2.45) is 0 Å². The zero-order valence-electron chi connectivity index (χ0n) is 21.7. The molecule has 0 aliphatic carbocycles. The first kappa shape index (κ1) is 33.9. The van der Waals surface area contributed by atoms with E-state index in [2.05, 4.69) is 39.0 Å². The molecule has 1 aromatic heterocycles. The van der Waals surface area contributed by atoms with Crippen LogP contribution in [0.1, 0.15) is 41.7 Å². The van der Waals surface area contributed by atoms with Crippen LogP contribution >= 0.6 is 11.8 Å². The first-order chi connectivity index (χ1) is 19.2. The molecule has 2 aliphatic rings. The van der Waals surface area contributed by atoms with E-state index in [1.807, 2.05) is 24.4 Å². The lowest BCUT2D eigenvalue weighted by molar-refractivity contribution is -0.193. The van der Waals surface area contributed by atoms with Gasteiger partial charge in [-0.2, -0.15) is 26.3 Å². The van der Waals surface area contributed by atoms with Gasteiger partial charge in [-0.3, -0.25) is 4.79 Å². The van der Waals surface area contributed by atoms with Gasteiger partial charge in [-0.25, -0.2) is 14.6 Å². The van der Waals surface area contributed by atoms with E-state index in [0.717, 1.165) is 36.6 Å². The third-order valence-electron chi connectivity index (χ3n) is 5.99. The molecule has 2 aliphatic heterocycles. The molecule has 0 unspecified atom stereocenters. The summed E-state index contributed by atoms with van der Waals surface area (Å²) in [4.78, 5) is 40.9. The number of carbonyl (C=O) groups is 3. The largest absolute Gasteiger partial charge is 0.490 e. The molecule has 1 atom stereocenters. The Morgan fingerprint density at radius 3 is 1.90 bits per heavy atom. The number of likely N-dealkylation sites (tertiary alicyclic amines) is 2. The minimum atomic E-state index is -5.08. The highest BCUT2D eigenvalue weighted by atomic mass is 32.2. The lowest BCUT2D eigenvalue weighted by Crippen LogP contribution is -2.42. The van der Waals surface area contributed by atoms with Crippen LogP contribution in [0.2, 0.25) is 0 Å². The van der Waals surface area contributed by atoms with Crippen LogP contribution in [-0.4, -0.2) is 87.4 Å². The first-order valence-electron chi connectivity index (χ1n) is 12.4. The summed E-state index contributed by atoms with van der Waals surface area (Å²) in [5.74, 6) is -4.50. The number of rotatable bonds is 6. The summed E-state index contributed by atoms with van der Waals surface area (Å²) >= 11 is 1.75. The molecule has 15 heteroatoms. The number of carbonyl (C=O) groups excluding carboxylic acids is 1. The van der Waals surface area contributed by atoms with Gasteiger partial charge in [0.2, 0.25) is 0 Å². The molecule has 2 N–H and O–H groups in total. The minimum Gasteiger partial charge on any atom is -0.475 e. The van der Waals surface area contributed by atoms with Crippen molar-refractivity contribution < 1.29 is 50.9 Å². The third-order valence-corrected chi connectivity index (χ3v) is 7.05. The summed E-state index contributed by atoms with van der Waals surface area (Å²) in [7, 11) is 0. The lowest BCUT2D eigenvalue weighted by atomic mass is 10.2. The van der Waals surface area contributed by atoms with Crippen molar-refractivity contribution in [1.82, 2.24) is 14.8 Å². The van der Waals surface area contributed by atoms with Gasteiger partial charge in [-0.1, -0.05) is 30.3 Å². The molecule has 2 saturated heterocycles. The Morgan fingerprint density at radius 2 is 1.41 bits per heavy atom. The number of aromatic nitrogens is 1. The number of carboxylic acids is 2. The number of amides is 1. The number of benzene rings is 1. The van der Waals surface area contributed by atoms with E-state index in [1.54, 1.807) is 11.8 Å². The molecule has 1 aromatic carbocycles. The molecule has 41 heavy (non-hydrogen) atoms. The van der Waals surface area contributed by atoms with Gasteiger partial charge in [-0.05, 0) is 56.5 Å². The summed E-state index contributed by atoms with van der Waals surface area (Å²) < 4.78 is 63.5. The van der Waals surface area contributed by atoms with Crippen LogP contribution in [0.25, 0.3) is 0 Å². The second-order valence-corrected chi connectivity index (χ2v) is 10.1. The normalized spacial score (nSPS) is 17.2. The summed E-state index contributed by atoms with van der Waals surface area (Å²) in [6.07, 6.45) is -3.51. The fourth-order valence-corrected chi connectivity index (χ4v) is 4.85. The third kappa shape index (κ3) is 12.0. The van der Waals surface area contributed by atoms with Crippen LogP contribution in [-0.2, 0) is 15.3 Å². The predicted octanol–water partition coefficient (Wildman–Crippen LogP) is 5.34. The molecule has 1 amide bonds. The van der Waals surface area contributed by atoms with Crippen molar-refractivity contribution in [2.75, 3.05) is 26.2 Å². The van der Waals surface area contributed by atoms with E-state index < -0.39 is 24.3 Å². The van der Waals surface area contributed by atoms with Crippen LogP contribution in [0.4, 0.5) is 26.3 Å². The quantitative estimate of drug-likeness (QED) is 0.334.